The predicted octanol–water partition coefficient (Wildman–Crippen LogP) is 4.25. The molecular formula is C17H15F4N3O2. The van der Waals surface area contributed by atoms with E-state index in [2.05, 4.69) is 19.7 Å². The summed E-state index contributed by atoms with van der Waals surface area (Å²) in [5.41, 5.74) is 1.59. The van der Waals surface area contributed by atoms with Crippen LogP contribution in [0.25, 0.3) is 11.0 Å². The maximum absolute atomic E-state index is 13.2. The van der Waals surface area contributed by atoms with Crippen LogP contribution in [-0.4, -0.2) is 30.6 Å². The standard InChI is InChI=1S/C17H15F4N3O2/c1-24(9-10-3-5-12(18)6-4-10)14-8-11(16(25-2)17(19,20)21)7-13-15(14)23-26-22-13/h3-8,16H,9H2,1-2H3. The third-order valence-corrected chi connectivity index (χ3v) is 3.94. The molecule has 0 saturated carbocycles. The Kier molecular flexibility index (Phi) is 4.82. The lowest BCUT2D eigenvalue weighted by atomic mass is 10.1. The zero-order chi connectivity index (χ0) is 18.9. The van der Waals surface area contributed by atoms with Crippen molar-refractivity contribution in [2.24, 2.45) is 0 Å². The molecule has 0 bridgehead atoms. The molecule has 2 aromatic carbocycles. The Balaban J connectivity index is 2.01. The molecule has 0 spiro atoms. The molecule has 1 unspecified atom stereocenters. The Morgan fingerprint density at radius 1 is 1.15 bits per heavy atom. The van der Waals surface area contributed by atoms with Gasteiger partial charge in [-0.2, -0.15) is 13.2 Å². The highest BCUT2D eigenvalue weighted by molar-refractivity contribution is 5.88. The summed E-state index contributed by atoms with van der Waals surface area (Å²) >= 11 is 0. The summed E-state index contributed by atoms with van der Waals surface area (Å²) in [7, 11) is 2.68. The minimum absolute atomic E-state index is 0.107. The fourth-order valence-electron chi connectivity index (χ4n) is 2.74. The van der Waals surface area contributed by atoms with Crippen molar-refractivity contribution in [3.05, 3.63) is 53.3 Å². The Bertz CT molecular complexity index is 893. The number of hydrogen-bond acceptors (Lipinski definition) is 5. The van der Waals surface area contributed by atoms with E-state index in [1.165, 1.54) is 24.3 Å². The van der Waals surface area contributed by atoms with Crippen molar-refractivity contribution in [2.75, 3.05) is 19.1 Å². The van der Waals surface area contributed by atoms with E-state index < -0.39 is 12.3 Å². The highest BCUT2D eigenvalue weighted by atomic mass is 19.4. The smallest absolute Gasteiger partial charge is 0.368 e. The molecule has 1 atom stereocenters. The Morgan fingerprint density at radius 2 is 1.85 bits per heavy atom. The summed E-state index contributed by atoms with van der Waals surface area (Å²) in [5.74, 6) is -0.366. The normalized spacial score (nSPS) is 13.2. The number of ether oxygens (including phenoxy) is 1. The number of anilines is 1. The van der Waals surface area contributed by atoms with Crippen LogP contribution in [0.15, 0.2) is 41.0 Å². The Labute approximate surface area is 146 Å². The first-order chi connectivity index (χ1) is 12.3. The van der Waals surface area contributed by atoms with Crippen molar-refractivity contribution in [3.63, 3.8) is 0 Å². The van der Waals surface area contributed by atoms with Gasteiger partial charge in [-0.05, 0) is 45.7 Å². The number of rotatable bonds is 5. The second-order valence-electron chi connectivity index (χ2n) is 5.81. The highest BCUT2D eigenvalue weighted by Crippen LogP contribution is 2.38. The van der Waals surface area contributed by atoms with Gasteiger partial charge in [0.2, 0.25) is 0 Å². The molecule has 3 aromatic rings. The van der Waals surface area contributed by atoms with Crippen LogP contribution in [0.5, 0.6) is 0 Å². The average molecular weight is 369 g/mol. The van der Waals surface area contributed by atoms with Crippen LogP contribution in [0.1, 0.15) is 17.2 Å². The van der Waals surface area contributed by atoms with Crippen molar-refractivity contribution in [1.82, 2.24) is 10.3 Å². The van der Waals surface area contributed by atoms with Gasteiger partial charge < -0.3 is 9.64 Å². The lowest BCUT2D eigenvalue weighted by molar-refractivity contribution is -0.215. The van der Waals surface area contributed by atoms with Gasteiger partial charge in [-0.3, -0.25) is 0 Å². The number of alkyl halides is 3. The number of nitrogens with zero attached hydrogens (tertiary/aromatic N) is 3. The maximum atomic E-state index is 13.2. The lowest BCUT2D eigenvalue weighted by Crippen LogP contribution is -2.23. The zero-order valence-corrected chi connectivity index (χ0v) is 13.9. The van der Waals surface area contributed by atoms with Crippen LogP contribution in [0.4, 0.5) is 23.2 Å². The summed E-state index contributed by atoms with van der Waals surface area (Å²) in [6.07, 6.45) is -6.67. The van der Waals surface area contributed by atoms with Crippen LogP contribution in [0.3, 0.4) is 0 Å². The van der Waals surface area contributed by atoms with E-state index in [-0.39, 0.29) is 16.9 Å². The van der Waals surface area contributed by atoms with Crippen molar-refractivity contribution >= 4 is 16.7 Å². The highest BCUT2D eigenvalue weighted by Gasteiger charge is 2.41. The fraction of sp³-hybridized carbons (Fsp3) is 0.294. The minimum Gasteiger partial charge on any atom is -0.368 e. The van der Waals surface area contributed by atoms with Gasteiger partial charge in [0.05, 0.1) is 5.69 Å². The third kappa shape index (κ3) is 3.62. The van der Waals surface area contributed by atoms with Crippen LogP contribution >= 0.6 is 0 Å². The van der Waals surface area contributed by atoms with Gasteiger partial charge in [0, 0.05) is 20.7 Å². The monoisotopic (exact) mass is 369 g/mol. The van der Waals surface area contributed by atoms with E-state index >= 15 is 0 Å². The minimum atomic E-state index is -4.58. The van der Waals surface area contributed by atoms with Crippen molar-refractivity contribution in [2.45, 2.75) is 18.8 Å². The molecule has 0 aliphatic carbocycles. The molecule has 0 aliphatic heterocycles. The van der Waals surface area contributed by atoms with Gasteiger partial charge in [-0.1, -0.05) is 12.1 Å². The first kappa shape index (κ1) is 18.1. The first-order valence-electron chi connectivity index (χ1n) is 7.61. The van der Waals surface area contributed by atoms with Crippen LogP contribution in [0, 0.1) is 5.82 Å². The molecule has 1 aromatic heterocycles. The summed E-state index contributed by atoms with van der Waals surface area (Å²) < 4.78 is 62.0. The molecule has 0 fully saturated rings. The third-order valence-electron chi connectivity index (χ3n) is 3.94. The second kappa shape index (κ2) is 6.91. The Morgan fingerprint density at radius 3 is 2.46 bits per heavy atom. The SMILES string of the molecule is COC(c1cc(N(C)Cc2ccc(F)cc2)c2nonc2c1)C(F)(F)F. The molecule has 5 nitrogen and oxygen atoms in total. The van der Waals surface area contributed by atoms with Gasteiger partial charge in [-0.25, -0.2) is 9.02 Å². The number of hydrogen-bond donors (Lipinski definition) is 0. The van der Waals surface area contributed by atoms with Crippen LogP contribution in [0.2, 0.25) is 0 Å². The van der Waals surface area contributed by atoms with Crippen molar-refractivity contribution < 1.29 is 26.9 Å². The first-order valence-corrected chi connectivity index (χ1v) is 7.61. The number of methoxy groups -OCH3 is 1. The van der Waals surface area contributed by atoms with Gasteiger partial charge >= 0.3 is 6.18 Å². The van der Waals surface area contributed by atoms with E-state index in [1.807, 2.05) is 0 Å². The largest absolute Gasteiger partial charge is 0.418 e. The van der Waals surface area contributed by atoms with E-state index in [4.69, 9.17) is 0 Å². The summed E-state index contributed by atoms with van der Waals surface area (Å²) in [6, 6.07) is 8.42. The molecule has 0 radical (unpaired) electrons. The predicted molar refractivity (Wildman–Crippen MR) is 86.1 cm³/mol. The molecule has 0 N–H and O–H groups in total. The Hall–Kier alpha value is -2.68. The molecule has 3 rings (SSSR count). The number of benzene rings is 2. The van der Waals surface area contributed by atoms with E-state index in [1.54, 1.807) is 24.1 Å². The quantitative estimate of drug-likeness (QED) is 0.630. The van der Waals surface area contributed by atoms with Gasteiger partial charge in [0.1, 0.15) is 11.3 Å². The summed E-state index contributed by atoms with van der Waals surface area (Å²) in [6.45, 7) is 0.329. The molecule has 9 heteroatoms. The molecule has 0 saturated heterocycles. The van der Waals surface area contributed by atoms with E-state index in [0.29, 0.717) is 17.7 Å². The van der Waals surface area contributed by atoms with E-state index in [0.717, 1.165) is 12.7 Å². The second-order valence-corrected chi connectivity index (χ2v) is 5.81. The van der Waals surface area contributed by atoms with Crippen molar-refractivity contribution in [1.29, 1.82) is 0 Å². The summed E-state index contributed by atoms with van der Waals surface area (Å²) in [5, 5.41) is 7.43. The molecular weight excluding hydrogens is 354 g/mol. The average Bonchev–Trinajstić information content (AvgIpc) is 3.04. The molecule has 1 heterocycles. The van der Waals surface area contributed by atoms with E-state index in [9.17, 15) is 17.6 Å². The molecule has 26 heavy (non-hydrogen) atoms. The van der Waals surface area contributed by atoms with Gasteiger partial charge in [-0.15, -0.1) is 0 Å². The van der Waals surface area contributed by atoms with Crippen molar-refractivity contribution in [3.8, 4) is 0 Å². The topological polar surface area (TPSA) is 51.4 Å². The number of halogens is 4. The lowest BCUT2D eigenvalue weighted by Gasteiger charge is -2.23. The molecule has 138 valence electrons. The molecule has 0 amide bonds. The zero-order valence-electron chi connectivity index (χ0n) is 13.9. The van der Waals surface area contributed by atoms with Crippen LogP contribution < -0.4 is 4.90 Å². The number of aromatic nitrogens is 2. The molecule has 0 aliphatic rings. The number of fused-ring (bicyclic) bond motifs is 1. The fourth-order valence-corrected chi connectivity index (χ4v) is 2.74. The van der Waals surface area contributed by atoms with Gasteiger partial charge in [0.25, 0.3) is 0 Å². The summed E-state index contributed by atoms with van der Waals surface area (Å²) in [4.78, 5) is 1.69. The van der Waals surface area contributed by atoms with Crippen LogP contribution in [-0.2, 0) is 11.3 Å². The maximum Gasteiger partial charge on any atom is 0.418 e. The van der Waals surface area contributed by atoms with Gasteiger partial charge in [0.15, 0.2) is 11.6 Å².